The predicted molar refractivity (Wildman–Crippen MR) is 115 cm³/mol. The number of imidazole rings is 1. The van der Waals surface area contributed by atoms with Gasteiger partial charge < -0.3 is 19.7 Å². The number of amides is 2. The molecule has 166 valence electrons. The molecule has 3 aromatic rings. The number of nitrogens with zero attached hydrogens (tertiary/aromatic N) is 3. The molecule has 0 spiro atoms. The molecule has 0 bridgehead atoms. The van der Waals surface area contributed by atoms with Crippen LogP contribution in [0.25, 0.3) is 11.1 Å². The van der Waals surface area contributed by atoms with Crippen LogP contribution in [0.1, 0.15) is 18.2 Å². The van der Waals surface area contributed by atoms with E-state index < -0.39 is 18.0 Å². The molecule has 0 aliphatic carbocycles. The summed E-state index contributed by atoms with van der Waals surface area (Å²) in [5, 5.41) is 11.7. The minimum Gasteiger partial charge on any atom is -0.442 e. The molecule has 2 N–H and O–H groups in total. The Morgan fingerprint density at radius 3 is 2.72 bits per heavy atom. The van der Waals surface area contributed by atoms with Crippen molar-refractivity contribution in [1.82, 2.24) is 14.9 Å². The van der Waals surface area contributed by atoms with E-state index in [4.69, 9.17) is 9.84 Å². The van der Waals surface area contributed by atoms with E-state index in [2.05, 4.69) is 10.3 Å². The highest BCUT2D eigenvalue weighted by atomic mass is 19.1. The molecule has 9 heteroatoms. The Hall–Kier alpha value is -3.72. The first-order chi connectivity index (χ1) is 15.4. The molecule has 32 heavy (non-hydrogen) atoms. The molecule has 1 aliphatic rings. The number of aliphatic hydroxyl groups excluding tert-OH is 1. The van der Waals surface area contributed by atoms with Crippen molar-refractivity contribution in [2.75, 3.05) is 18.0 Å². The maximum atomic E-state index is 14.9. The van der Waals surface area contributed by atoms with Crippen LogP contribution in [-0.2, 0) is 22.7 Å². The first-order valence-electron chi connectivity index (χ1n) is 10.2. The lowest BCUT2D eigenvalue weighted by molar-refractivity contribution is -0.119. The van der Waals surface area contributed by atoms with Crippen LogP contribution in [0.4, 0.5) is 14.9 Å². The first kappa shape index (κ1) is 21.5. The largest absolute Gasteiger partial charge is 0.442 e. The van der Waals surface area contributed by atoms with Crippen molar-refractivity contribution in [2.45, 2.75) is 26.2 Å². The molecule has 2 aromatic carbocycles. The number of nitrogens with one attached hydrogen (secondary N) is 1. The van der Waals surface area contributed by atoms with Crippen LogP contribution in [0.5, 0.6) is 0 Å². The van der Waals surface area contributed by atoms with Crippen molar-refractivity contribution in [3.05, 3.63) is 72.1 Å². The summed E-state index contributed by atoms with van der Waals surface area (Å²) in [5.74, 6) is -0.656. The van der Waals surface area contributed by atoms with E-state index in [9.17, 15) is 14.0 Å². The third-order valence-electron chi connectivity index (χ3n) is 5.20. The molecule has 1 fully saturated rings. The highest BCUT2D eigenvalue weighted by Crippen LogP contribution is 2.29. The van der Waals surface area contributed by atoms with Crippen LogP contribution in [0.3, 0.4) is 0 Å². The molecule has 2 heterocycles. The highest BCUT2D eigenvalue weighted by molar-refractivity contribution is 5.90. The second kappa shape index (κ2) is 9.19. The van der Waals surface area contributed by atoms with Crippen molar-refractivity contribution in [3.63, 3.8) is 0 Å². The average Bonchev–Trinajstić information content (AvgIpc) is 3.39. The number of halogens is 1. The van der Waals surface area contributed by atoms with Crippen LogP contribution >= 0.6 is 0 Å². The van der Waals surface area contributed by atoms with E-state index in [1.54, 1.807) is 24.7 Å². The van der Waals surface area contributed by atoms with Crippen LogP contribution in [0, 0.1) is 5.82 Å². The monoisotopic (exact) mass is 438 g/mol. The molecule has 1 unspecified atom stereocenters. The number of benzene rings is 2. The summed E-state index contributed by atoms with van der Waals surface area (Å²) in [6, 6.07) is 12.1. The molecule has 4 rings (SSSR count). The van der Waals surface area contributed by atoms with Gasteiger partial charge in [-0.15, -0.1) is 0 Å². The van der Waals surface area contributed by atoms with Gasteiger partial charge in [0.15, 0.2) is 0 Å². The molecule has 8 nitrogen and oxygen atoms in total. The topological polar surface area (TPSA) is 96.7 Å². The minimum atomic E-state index is -0.569. The summed E-state index contributed by atoms with van der Waals surface area (Å²) in [6.45, 7) is 2.32. The zero-order chi connectivity index (χ0) is 22.7. The Bertz CT molecular complexity index is 1130. The third kappa shape index (κ3) is 4.78. The number of carbonyl (C=O) groups excluding carboxylic acids is 2. The van der Waals surface area contributed by atoms with Crippen LogP contribution in [-0.4, -0.2) is 45.9 Å². The fourth-order valence-corrected chi connectivity index (χ4v) is 3.58. The van der Waals surface area contributed by atoms with Crippen molar-refractivity contribution >= 4 is 17.7 Å². The van der Waals surface area contributed by atoms with Gasteiger partial charge in [0.25, 0.3) is 0 Å². The summed E-state index contributed by atoms with van der Waals surface area (Å²) in [4.78, 5) is 28.6. The summed E-state index contributed by atoms with van der Waals surface area (Å²) >= 11 is 0. The molecule has 2 amide bonds. The number of cyclic esters (lactones) is 1. The smallest absolute Gasteiger partial charge is 0.414 e. The summed E-state index contributed by atoms with van der Waals surface area (Å²) in [6.07, 6.45) is 2.38. The number of ether oxygens (including phenoxy) is 1. The number of rotatable bonds is 7. The number of anilines is 1. The zero-order valence-electron chi connectivity index (χ0n) is 17.5. The average molecular weight is 438 g/mol. The SMILES string of the molecule is CC(=O)NCC1CN(c2ccc(-c3ccc(Cn4cnc(CO)c4)cc3)c(F)c2)C(=O)O1. The number of hydrogen-bond donors (Lipinski definition) is 2. The van der Waals surface area contributed by atoms with E-state index in [0.29, 0.717) is 29.1 Å². The van der Waals surface area contributed by atoms with Gasteiger partial charge >= 0.3 is 6.09 Å². The molecule has 1 aliphatic heterocycles. The fourth-order valence-electron chi connectivity index (χ4n) is 3.58. The van der Waals surface area contributed by atoms with Gasteiger partial charge in [-0.05, 0) is 29.3 Å². The number of aromatic nitrogens is 2. The van der Waals surface area contributed by atoms with Gasteiger partial charge in [-0.25, -0.2) is 14.2 Å². The Morgan fingerprint density at radius 1 is 1.28 bits per heavy atom. The Morgan fingerprint density at radius 2 is 2.06 bits per heavy atom. The van der Waals surface area contributed by atoms with Gasteiger partial charge in [0.05, 0.1) is 37.4 Å². The summed E-state index contributed by atoms with van der Waals surface area (Å²) in [7, 11) is 0. The van der Waals surface area contributed by atoms with Gasteiger partial charge in [0.1, 0.15) is 11.9 Å². The second-order valence-electron chi connectivity index (χ2n) is 7.61. The lowest BCUT2D eigenvalue weighted by Crippen LogP contribution is -2.33. The van der Waals surface area contributed by atoms with Crippen LogP contribution in [0.2, 0.25) is 0 Å². The maximum absolute atomic E-state index is 14.9. The molecule has 0 saturated carbocycles. The molecule has 1 saturated heterocycles. The summed E-state index contributed by atoms with van der Waals surface area (Å²) < 4.78 is 22.0. The van der Waals surface area contributed by atoms with Crippen molar-refractivity contribution in [1.29, 1.82) is 0 Å². The summed E-state index contributed by atoms with van der Waals surface area (Å²) in [5.41, 5.74) is 3.16. The second-order valence-corrected chi connectivity index (χ2v) is 7.61. The van der Waals surface area contributed by atoms with Crippen molar-refractivity contribution in [2.24, 2.45) is 0 Å². The molecule has 1 atom stereocenters. The van der Waals surface area contributed by atoms with E-state index in [1.807, 2.05) is 28.8 Å². The van der Waals surface area contributed by atoms with E-state index in [-0.39, 0.29) is 25.6 Å². The molecular formula is C23H23FN4O4. The van der Waals surface area contributed by atoms with E-state index in [1.165, 1.54) is 17.9 Å². The lowest BCUT2D eigenvalue weighted by atomic mass is 10.0. The Labute approximate surface area is 184 Å². The van der Waals surface area contributed by atoms with Gasteiger partial charge in [0.2, 0.25) is 5.91 Å². The van der Waals surface area contributed by atoms with E-state index in [0.717, 1.165) is 5.56 Å². The third-order valence-corrected chi connectivity index (χ3v) is 5.20. The van der Waals surface area contributed by atoms with Gasteiger partial charge in [0, 0.05) is 25.2 Å². The maximum Gasteiger partial charge on any atom is 0.414 e. The van der Waals surface area contributed by atoms with Gasteiger partial charge in [-0.3, -0.25) is 9.69 Å². The highest BCUT2D eigenvalue weighted by Gasteiger charge is 2.32. The Kier molecular flexibility index (Phi) is 6.18. The van der Waals surface area contributed by atoms with Crippen molar-refractivity contribution in [3.8, 4) is 11.1 Å². The fraction of sp³-hybridized carbons (Fsp3) is 0.261. The zero-order valence-corrected chi connectivity index (χ0v) is 17.5. The molecular weight excluding hydrogens is 415 g/mol. The molecule has 0 radical (unpaired) electrons. The van der Waals surface area contributed by atoms with Gasteiger partial charge in [-0.2, -0.15) is 0 Å². The number of aliphatic hydroxyl groups is 1. The number of carbonyl (C=O) groups is 2. The van der Waals surface area contributed by atoms with Crippen LogP contribution in [0.15, 0.2) is 55.0 Å². The predicted octanol–water partition coefficient (Wildman–Crippen LogP) is 2.69. The quantitative estimate of drug-likeness (QED) is 0.591. The minimum absolute atomic E-state index is 0.105. The Balaban J connectivity index is 1.45. The van der Waals surface area contributed by atoms with Crippen molar-refractivity contribution < 1.29 is 23.8 Å². The molecule has 1 aromatic heterocycles. The first-order valence-corrected chi connectivity index (χ1v) is 10.2. The normalized spacial score (nSPS) is 15.7. The lowest BCUT2D eigenvalue weighted by Gasteiger charge is -2.15. The van der Waals surface area contributed by atoms with E-state index >= 15 is 0 Å². The standard InChI is InChI=1S/C23H23FN4O4/c1-15(30)25-9-20-12-28(23(31)32-20)19-6-7-21(22(24)8-19)17-4-2-16(3-5-17)10-27-11-18(13-29)26-14-27/h2-8,11,14,20,29H,9-10,12-13H2,1H3,(H,25,30). The van der Waals surface area contributed by atoms with Crippen LogP contribution < -0.4 is 10.2 Å². The van der Waals surface area contributed by atoms with Gasteiger partial charge in [-0.1, -0.05) is 24.3 Å². The number of hydrogen-bond acceptors (Lipinski definition) is 5.